The molecule has 0 atom stereocenters. The minimum absolute atomic E-state index is 0. The third-order valence-corrected chi connectivity index (χ3v) is 1.60. The number of aromatic carboxylic acids is 1. The summed E-state index contributed by atoms with van der Waals surface area (Å²) in [5.74, 6) is -1.09. The van der Waals surface area contributed by atoms with Gasteiger partial charge in [-0.05, 0) is 26.0 Å². The van der Waals surface area contributed by atoms with Crippen LogP contribution >= 0.6 is 0 Å². The molecule has 4 nitrogen and oxygen atoms in total. The van der Waals surface area contributed by atoms with Gasteiger partial charge in [-0.1, -0.05) is 6.07 Å². The number of nitrogens with zero attached hydrogens (tertiary/aromatic N) is 1. The molecule has 1 rings (SSSR count). The molecule has 0 saturated heterocycles. The Labute approximate surface area is 125 Å². The maximum atomic E-state index is 10.5. The number of hydrogen-bond donors (Lipinski definition) is 2. The summed E-state index contributed by atoms with van der Waals surface area (Å²) >= 11 is 0. The molecule has 0 radical (unpaired) electrons. The van der Waals surface area contributed by atoms with Crippen LogP contribution in [0.1, 0.15) is 30.0 Å². The molecule has 0 aliphatic carbocycles. The summed E-state index contributed by atoms with van der Waals surface area (Å²) in [7, 11) is 0. The Morgan fingerprint density at radius 2 is 2.00 bits per heavy atom. The predicted molar refractivity (Wildman–Crippen MR) is 53.6 cm³/mol. The molecule has 0 aliphatic heterocycles. The molecule has 0 fully saturated rings. The Bertz CT molecular complexity index is 333. The summed E-state index contributed by atoms with van der Waals surface area (Å²) in [5, 5.41) is 18.2. The maximum absolute atomic E-state index is 10.5. The van der Waals surface area contributed by atoms with Gasteiger partial charge in [0.2, 0.25) is 0 Å². The number of rotatable bonds is 2. The molecule has 0 saturated carbocycles. The van der Waals surface area contributed by atoms with Crippen molar-refractivity contribution in [3.8, 4) is 0 Å². The molecule has 14 heavy (non-hydrogen) atoms. The summed E-state index contributed by atoms with van der Waals surface area (Å²) in [4.78, 5) is 14.3. The molecule has 1 heterocycles. The zero-order valence-electron chi connectivity index (χ0n) is 7.48. The molecule has 0 spiro atoms. The topological polar surface area (TPSA) is 70.4 Å². The number of aromatic nitrogens is 1. The monoisotopic (exact) mass is 221 g/mol. The van der Waals surface area contributed by atoms with Crippen molar-refractivity contribution in [2.45, 2.75) is 19.4 Å². The van der Waals surface area contributed by atoms with Crippen LogP contribution in [0.15, 0.2) is 18.2 Å². The van der Waals surface area contributed by atoms with E-state index >= 15 is 0 Å². The molecule has 0 aromatic carbocycles. The van der Waals surface area contributed by atoms with Crippen molar-refractivity contribution in [3.63, 3.8) is 0 Å². The second-order valence-corrected chi connectivity index (χ2v) is 3.27. The zero-order valence-corrected chi connectivity index (χ0v) is 7.48. The van der Waals surface area contributed by atoms with Gasteiger partial charge in [-0.3, -0.25) is 0 Å². The normalized spacial score (nSPS) is 10.5. The second-order valence-electron chi connectivity index (χ2n) is 3.27. The van der Waals surface area contributed by atoms with Gasteiger partial charge in [0.25, 0.3) is 0 Å². The van der Waals surface area contributed by atoms with Crippen molar-refractivity contribution in [2.24, 2.45) is 0 Å². The van der Waals surface area contributed by atoms with E-state index in [0.717, 1.165) is 0 Å². The molecule has 0 aliphatic rings. The van der Waals surface area contributed by atoms with E-state index in [9.17, 15) is 9.90 Å². The zero-order chi connectivity index (χ0) is 10.1. The first kappa shape index (κ1) is 14.2. The van der Waals surface area contributed by atoms with Gasteiger partial charge in [-0.15, -0.1) is 0 Å². The first-order chi connectivity index (χ1) is 5.91. The fourth-order valence-electron chi connectivity index (χ4n) is 0.895. The van der Waals surface area contributed by atoms with E-state index in [4.69, 9.17) is 5.11 Å². The summed E-state index contributed by atoms with van der Waals surface area (Å²) < 4.78 is 0. The van der Waals surface area contributed by atoms with Crippen molar-refractivity contribution in [1.82, 2.24) is 4.98 Å². The summed E-state index contributed by atoms with van der Waals surface area (Å²) in [6, 6.07) is 4.54. The van der Waals surface area contributed by atoms with E-state index in [1.54, 1.807) is 26.0 Å². The number of aliphatic hydroxyl groups is 1. The third kappa shape index (κ3) is 3.76. The summed E-state index contributed by atoms with van der Waals surface area (Å²) in [5.41, 5.74) is -0.808. The average Bonchev–Trinajstić information content (AvgIpc) is 2.03. The Morgan fingerprint density at radius 1 is 1.43 bits per heavy atom. The van der Waals surface area contributed by atoms with Gasteiger partial charge in [0, 0.05) is 0 Å². The summed E-state index contributed by atoms with van der Waals surface area (Å²) in [6.45, 7) is 3.11. The number of carbonyl (C=O) groups is 1. The van der Waals surface area contributed by atoms with Gasteiger partial charge < -0.3 is 10.2 Å². The van der Waals surface area contributed by atoms with Crippen molar-refractivity contribution in [3.05, 3.63) is 29.6 Å². The van der Waals surface area contributed by atoms with Crippen LogP contribution in [0.3, 0.4) is 0 Å². The Morgan fingerprint density at radius 3 is 2.43 bits per heavy atom. The molecule has 0 amide bonds. The van der Waals surface area contributed by atoms with Crippen LogP contribution in [-0.4, -0.2) is 72.6 Å². The SMILES string of the molecule is CC(C)(O)c1cccc(C(=O)O)n1.[KH]. The number of hydrogen-bond acceptors (Lipinski definition) is 3. The molecule has 0 unspecified atom stereocenters. The Kier molecular flexibility index (Phi) is 5.42. The van der Waals surface area contributed by atoms with E-state index in [-0.39, 0.29) is 57.1 Å². The number of carboxylic acids is 1. The number of pyridine rings is 1. The molecule has 1 aromatic rings. The molecule has 1 aromatic heterocycles. The molecule has 0 bridgehead atoms. The predicted octanol–water partition coefficient (Wildman–Crippen LogP) is 0.359. The van der Waals surface area contributed by atoms with Gasteiger partial charge in [-0.2, -0.15) is 0 Å². The standard InChI is InChI=1S/C9H11NO3.K.H/c1-9(2,13)7-5-3-4-6(10-7)8(11)12;;/h3-5,13H,1-2H3,(H,11,12);;. The van der Waals surface area contributed by atoms with E-state index in [2.05, 4.69) is 4.98 Å². The van der Waals surface area contributed by atoms with E-state index in [1.165, 1.54) is 6.07 Å². The van der Waals surface area contributed by atoms with Crippen LogP contribution in [0.2, 0.25) is 0 Å². The van der Waals surface area contributed by atoms with Gasteiger partial charge >= 0.3 is 57.4 Å². The van der Waals surface area contributed by atoms with Crippen LogP contribution in [-0.2, 0) is 5.60 Å². The van der Waals surface area contributed by atoms with Gasteiger partial charge in [0.15, 0.2) is 0 Å². The van der Waals surface area contributed by atoms with Gasteiger partial charge in [0.05, 0.1) is 5.69 Å². The third-order valence-electron chi connectivity index (χ3n) is 1.60. The van der Waals surface area contributed by atoms with Crippen molar-refractivity contribution in [1.29, 1.82) is 0 Å². The first-order valence-corrected chi connectivity index (χ1v) is 3.84. The number of carboxylic acid groups (broad SMARTS) is 1. The fraction of sp³-hybridized carbons (Fsp3) is 0.333. The van der Waals surface area contributed by atoms with Crippen LogP contribution in [0.5, 0.6) is 0 Å². The van der Waals surface area contributed by atoms with Crippen LogP contribution in [0, 0.1) is 0 Å². The van der Waals surface area contributed by atoms with Crippen molar-refractivity contribution < 1.29 is 15.0 Å². The molecule has 5 heteroatoms. The van der Waals surface area contributed by atoms with Crippen LogP contribution in [0.25, 0.3) is 0 Å². The summed E-state index contributed by atoms with van der Waals surface area (Å²) in [6.07, 6.45) is 0. The van der Waals surface area contributed by atoms with E-state index < -0.39 is 11.6 Å². The van der Waals surface area contributed by atoms with E-state index in [0.29, 0.717) is 5.69 Å². The molecular weight excluding hydrogens is 209 g/mol. The van der Waals surface area contributed by atoms with Crippen molar-refractivity contribution in [2.75, 3.05) is 0 Å². The van der Waals surface area contributed by atoms with Crippen molar-refractivity contribution >= 4 is 57.4 Å². The average molecular weight is 221 g/mol. The fourth-order valence-corrected chi connectivity index (χ4v) is 0.895. The van der Waals surface area contributed by atoms with Crippen LogP contribution < -0.4 is 0 Å². The minimum atomic E-state index is -1.11. The van der Waals surface area contributed by atoms with Gasteiger partial charge in [-0.25, -0.2) is 9.78 Å². The Hall–Kier alpha value is 0.216. The molecular formula is C9H12KNO3. The van der Waals surface area contributed by atoms with Crippen LogP contribution in [0.4, 0.5) is 0 Å². The Balaban J connectivity index is 0.00000169. The van der Waals surface area contributed by atoms with Gasteiger partial charge in [0.1, 0.15) is 11.3 Å². The van der Waals surface area contributed by atoms with E-state index in [1.807, 2.05) is 0 Å². The molecule has 2 N–H and O–H groups in total. The quantitative estimate of drug-likeness (QED) is 0.707. The first-order valence-electron chi connectivity index (χ1n) is 3.84. The second kappa shape index (κ2) is 5.34. The molecule has 72 valence electrons.